The maximum Gasteiger partial charge on any atom is 0.252 e. The van der Waals surface area contributed by atoms with Crippen molar-refractivity contribution in [3.05, 3.63) is 87.5 Å². The van der Waals surface area contributed by atoms with Gasteiger partial charge in [-0.3, -0.25) is 9.69 Å². The molecule has 0 radical (unpaired) electrons. The number of rotatable bonds is 8. The number of nitrogens with zero attached hydrogens (tertiary/aromatic N) is 5. The number of tetrazole rings is 1. The first-order valence-corrected chi connectivity index (χ1v) is 12.3. The quantitative estimate of drug-likeness (QED) is 0.389. The number of aryl methyl sites for hydroxylation is 1. The Labute approximate surface area is 207 Å². The zero-order chi connectivity index (χ0) is 25.2. The van der Waals surface area contributed by atoms with Crippen molar-refractivity contribution in [1.29, 1.82) is 0 Å². The number of aromatic nitrogens is 5. The van der Waals surface area contributed by atoms with E-state index >= 15 is 0 Å². The Morgan fingerprint density at radius 2 is 1.80 bits per heavy atom. The fourth-order valence-corrected chi connectivity index (χ4v) is 4.68. The topological polar surface area (TPSA) is 79.7 Å². The molecule has 0 spiro atoms. The predicted octanol–water partition coefficient (Wildman–Crippen LogP) is 5.02. The molecule has 0 saturated heterocycles. The molecule has 4 rings (SSSR count). The molecule has 1 unspecified atom stereocenters. The van der Waals surface area contributed by atoms with Crippen LogP contribution in [0.4, 0.5) is 0 Å². The van der Waals surface area contributed by atoms with Crippen molar-refractivity contribution in [3.8, 4) is 0 Å². The van der Waals surface area contributed by atoms with Crippen molar-refractivity contribution >= 4 is 10.9 Å². The Hall–Kier alpha value is -3.32. The zero-order valence-corrected chi connectivity index (χ0v) is 21.6. The molecule has 1 N–H and O–H groups in total. The van der Waals surface area contributed by atoms with Crippen molar-refractivity contribution in [2.24, 2.45) is 5.92 Å². The molecule has 0 aliphatic rings. The van der Waals surface area contributed by atoms with Gasteiger partial charge in [-0.25, -0.2) is 4.68 Å². The molecule has 184 valence electrons. The first-order chi connectivity index (χ1) is 16.6. The van der Waals surface area contributed by atoms with Gasteiger partial charge in [0.15, 0.2) is 5.82 Å². The third-order valence-corrected chi connectivity index (χ3v) is 6.40. The third kappa shape index (κ3) is 5.68. The van der Waals surface area contributed by atoms with Crippen molar-refractivity contribution in [2.75, 3.05) is 6.54 Å². The highest BCUT2D eigenvalue weighted by Gasteiger charge is 2.32. The summed E-state index contributed by atoms with van der Waals surface area (Å²) in [5, 5.41) is 13.9. The monoisotopic (exact) mass is 472 g/mol. The van der Waals surface area contributed by atoms with Crippen molar-refractivity contribution in [3.63, 3.8) is 0 Å². The lowest BCUT2D eigenvalue weighted by molar-refractivity contribution is 0.129. The van der Waals surface area contributed by atoms with Crippen LogP contribution in [0, 0.1) is 12.8 Å². The molecule has 0 aliphatic heterocycles. The Bertz CT molecular complexity index is 1330. The van der Waals surface area contributed by atoms with Gasteiger partial charge >= 0.3 is 0 Å². The average molecular weight is 473 g/mol. The van der Waals surface area contributed by atoms with E-state index in [9.17, 15) is 4.79 Å². The first-order valence-electron chi connectivity index (χ1n) is 12.3. The van der Waals surface area contributed by atoms with Crippen LogP contribution in [0.5, 0.6) is 0 Å². The second kappa shape index (κ2) is 10.1. The van der Waals surface area contributed by atoms with E-state index in [1.165, 1.54) is 11.1 Å². The van der Waals surface area contributed by atoms with Crippen LogP contribution in [-0.2, 0) is 18.5 Å². The third-order valence-electron chi connectivity index (χ3n) is 6.40. The largest absolute Gasteiger partial charge is 0.322 e. The second-order valence-corrected chi connectivity index (χ2v) is 10.7. The number of fused-ring (bicyclic) bond motifs is 1. The summed E-state index contributed by atoms with van der Waals surface area (Å²) in [5.41, 5.74) is 3.73. The van der Waals surface area contributed by atoms with E-state index < -0.39 is 0 Å². The molecule has 7 heteroatoms. The van der Waals surface area contributed by atoms with Gasteiger partial charge in [-0.15, -0.1) is 5.10 Å². The number of hydrogen-bond donors (Lipinski definition) is 1. The molecule has 0 fully saturated rings. The number of H-pyrrole nitrogens is 1. The van der Waals surface area contributed by atoms with Gasteiger partial charge in [0.05, 0.1) is 11.6 Å². The summed E-state index contributed by atoms with van der Waals surface area (Å²) in [6.45, 7) is 14.0. The number of pyridine rings is 1. The highest BCUT2D eigenvalue weighted by molar-refractivity contribution is 5.79. The van der Waals surface area contributed by atoms with E-state index in [2.05, 4.69) is 97.3 Å². The molecule has 2 aromatic carbocycles. The summed E-state index contributed by atoms with van der Waals surface area (Å²) < 4.78 is 1.92. The minimum absolute atomic E-state index is 0.0519. The number of aromatic amines is 1. The van der Waals surface area contributed by atoms with E-state index in [0.717, 1.165) is 35.3 Å². The first kappa shape index (κ1) is 24.8. The van der Waals surface area contributed by atoms with Crippen molar-refractivity contribution in [1.82, 2.24) is 30.1 Å². The molecule has 0 amide bonds. The number of benzene rings is 2. The van der Waals surface area contributed by atoms with Gasteiger partial charge in [0.1, 0.15) is 0 Å². The Kier molecular flexibility index (Phi) is 7.17. The van der Waals surface area contributed by atoms with Crippen LogP contribution >= 0.6 is 0 Å². The lowest BCUT2D eigenvalue weighted by Crippen LogP contribution is -2.39. The standard InChI is InChI=1S/C28H36N6O/c1-19(2)25(26-30-31-32-34(26)28(4,5)6)33(15-14-21-10-8-7-9-11-21)18-23-17-22-16-20(3)12-13-24(22)29-27(23)35/h7-13,16-17,19,25H,14-15,18H2,1-6H3,(H,29,35). The van der Waals surface area contributed by atoms with Crippen LogP contribution in [0.1, 0.15) is 63.2 Å². The minimum atomic E-state index is -0.255. The molecular weight excluding hydrogens is 436 g/mol. The van der Waals surface area contributed by atoms with E-state index in [-0.39, 0.29) is 23.1 Å². The molecule has 35 heavy (non-hydrogen) atoms. The van der Waals surface area contributed by atoms with E-state index in [4.69, 9.17) is 0 Å². The van der Waals surface area contributed by atoms with Crippen LogP contribution in [0.2, 0.25) is 0 Å². The summed E-state index contributed by atoms with van der Waals surface area (Å²) in [4.78, 5) is 18.5. The zero-order valence-electron chi connectivity index (χ0n) is 21.6. The summed E-state index contributed by atoms with van der Waals surface area (Å²) in [6, 6.07) is 18.5. The van der Waals surface area contributed by atoms with E-state index in [1.807, 2.05) is 28.9 Å². The van der Waals surface area contributed by atoms with Crippen LogP contribution in [0.25, 0.3) is 10.9 Å². The average Bonchev–Trinajstić information content (AvgIpc) is 3.28. The lowest BCUT2D eigenvalue weighted by atomic mass is 9.98. The van der Waals surface area contributed by atoms with Gasteiger partial charge < -0.3 is 4.98 Å². The maximum atomic E-state index is 13.1. The summed E-state index contributed by atoms with van der Waals surface area (Å²) in [7, 11) is 0. The normalized spacial score (nSPS) is 13.1. The Morgan fingerprint density at radius 1 is 1.06 bits per heavy atom. The van der Waals surface area contributed by atoms with Gasteiger partial charge in [-0.05, 0) is 79.6 Å². The maximum absolute atomic E-state index is 13.1. The van der Waals surface area contributed by atoms with Crippen LogP contribution in [-0.4, -0.2) is 36.6 Å². The SMILES string of the molecule is Cc1ccc2[nH]c(=O)c(CN(CCc3ccccc3)C(c3nnnn3C(C)(C)C)C(C)C)cc2c1. The highest BCUT2D eigenvalue weighted by Crippen LogP contribution is 2.31. The fourth-order valence-electron chi connectivity index (χ4n) is 4.68. The Morgan fingerprint density at radius 3 is 2.49 bits per heavy atom. The summed E-state index contributed by atoms with van der Waals surface area (Å²) in [5.74, 6) is 1.06. The molecule has 7 nitrogen and oxygen atoms in total. The molecule has 0 bridgehead atoms. The number of nitrogens with one attached hydrogen (secondary N) is 1. The molecule has 0 aliphatic carbocycles. The predicted molar refractivity (Wildman–Crippen MR) is 140 cm³/mol. The van der Waals surface area contributed by atoms with Gasteiger partial charge in [0, 0.05) is 24.2 Å². The van der Waals surface area contributed by atoms with E-state index in [0.29, 0.717) is 6.54 Å². The smallest absolute Gasteiger partial charge is 0.252 e. The molecule has 0 saturated carbocycles. The van der Waals surface area contributed by atoms with Crippen LogP contribution in [0.3, 0.4) is 0 Å². The summed E-state index contributed by atoms with van der Waals surface area (Å²) >= 11 is 0. The van der Waals surface area contributed by atoms with Gasteiger partial charge in [0.25, 0.3) is 5.56 Å². The molecule has 1 atom stereocenters. The summed E-state index contributed by atoms with van der Waals surface area (Å²) in [6.07, 6.45) is 0.867. The molecule has 2 aromatic heterocycles. The van der Waals surface area contributed by atoms with Gasteiger partial charge in [0.2, 0.25) is 0 Å². The Balaban J connectivity index is 1.76. The number of hydrogen-bond acceptors (Lipinski definition) is 5. The van der Waals surface area contributed by atoms with Gasteiger partial charge in [-0.1, -0.05) is 55.8 Å². The molecule has 4 aromatic rings. The van der Waals surface area contributed by atoms with E-state index in [1.54, 1.807) is 0 Å². The fraction of sp³-hybridized carbons (Fsp3) is 0.429. The highest BCUT2D eigenvalue weighted by atomic mass is 16.1. The lowest BCUT2D eigenvalue weighted by Gasteiger charge is -2.35. The molecular formula is C28H36N6O. The van der Waals surface area contributed by atoms with Crippen LogP contribution in [0.15, 0.2) is 59.4 Å². The molecule has 2 heterocycles. The van der Waals surface area contributed by atoms with Crippen LogP contribution < -0.4 is 5.56 Å². The minimum Gasteiger partial charge on any atom is -0.322 e. The second-order valence-electron chi connectivity index (χ2n) is 10.7. The van der Waals surface area contributed by atoms with Gasteiger partial charge in [-0.2, -0.15) is 0 Å². The van der Waals surface area contributed by atoms with Crippen molar-refractivity contribution in [2.45, 2.75) is 66.1 Å². The van der Waals surface area contributed by atoms with Crippen molar-refractivity contribution < 1.29 is 0 Å².